The molecule has 0 aliphatic rings. The van der Waals surface area contributed by atoms with Crippen LogP contribution in [-0.2, 0) is 4.79 Å². The van der Waals surface area contributed by atoms with E-state index in [-0.39, 0.29) is 5.82 Å². The molecule has 100 valence electrons. The molecule has 0 spiro atoms. The van der Waals surface area contributed by atoms with Crippen LogP contribution in [0, 0.1) is 5.82 Å². The summed E-state index contributed by atoms with van der Waals surface area (Å²) in [7, 11) is 0. The molecule has 0 saturated heterocycles. The molecule has 0 aliphatic carbocycles. The minimum absolute atomic E-state index is 0.327. The van der Waals surface area contributed by atoms with Crippen molar-refractivity contribution < 1.29 is 14.3 Å². The molecule has 1 rings (SSSR count). The largest absolute Gasteiger partial charge is 0.480 e. The maximum Gasteiger partial charge on any atom is 0.320 e. The van der Waals surface area contributed by atoms with E-state index in [2.05, 4.69) is 0 Å². The molecule has 4 heteroatoms. The third kappa shape index (κ3) is 3.73. The lowest BCUT2D eigenvalue weighted by Gasteiger charge is -2.28. The number of carbonyl (C=O) groups is 1. The third-order valence-electron chi connectivity index (χ3n) is 2.81. The Hall–Kier alpha value is -1.03. The average Bonchev–Trinajstić information content (AvgIpc) is 2.29. The maximum atomic E-state index is 13.2. The Kier molecular flexibility index (Phi) is 5.66. The summed E-state index contributed by atoms with van der Waals surface area (Å²) in [4.78, 5) is 12.3. The number of rotatable bonds is 7. The second kappa shape index (κ2) is 6.78. The van der Waals surface area contributed by atoms with E-state index in [0.29, 0.717) is 17.7 Å². The van der Waals surface area contributed by atoms with Gasteiger partial charge in [0.15, 0.2) is 0 Å². The van der Waals surface area contributed by atoms with Crippen molar-refractivity contribution in [2.75, 3.05) is 0 Å². The lowest BCUT2D eigenvalue weighted by molar-refractivity contribution is -0.140. The molecule has 0 unspecified atom stereocenters. The van der Waals surface area contributed by atoms with Crippen molar-refractivity contribution in [3.05, 3.63) is 30.1 Å². The zero-order valence-corrected chi connectivity index (χ0v) is 11.6. The molecule has 0 heterocycles. The fourth-order valence-corrected chi connectivity index (χ4v) is 3.52. The quantitative estimate of drug-likeness (QED) is 0.749. The van der Waals surface area contributed by atoms with Gasteiger partial charge in [0.2, 0.25) is 0 Å². The molecule has 0 fully saturated rings. The Balaban J connectivity index is 2.99. The van der Waals surface area contributed by atoms with Gasteiger partial charge in [-0.25, -0.2) is 4.39 Å². The normalized spacial score (nSPS) is 11.5. The van der Waals surface area contributed by atoms with Crippen LogP contribution >= 0.6 is 11.8 Å². The van der Waals surface area contributed by atoms with Gasteiger partial charge in [-0.1, -0.05) is 32.8 Å². The first-order chi connectivity index (χ1) is 8.54. The maximum absolute atomic E-state index is 13.2. The number of carboxylic acid groups (broad SMARTS) is 1. The summed E-state index contributed by atoms with van der Waals surface area (Å²) in [6, 6.07) is 6.14. The Morgan fingerprint density at radius 3 is 2.39 bits per heavy atom. The number of carboxylic acids is 1. The van der Waals surface area contributed by atoms with Crippen LogP contribution in [0.4, 0.5) is 4.39 Å². The number of benzene rings is 1. The van der Waals surface area contributed by atoms with Crippen molar-refractivity contribution in [1.82, 2.24) is 0 Å². The summed E-state index contributed by atoms with van der Waals surface area (Å²) in [5.74, 6) is -1.13. The Bertz CT molecular complexity index is 401. The molecule has 0 radical (unpaired) electrons. The van der Waals surface area contributed by atoms with E-state index < -0.39 is 10.7 Å². The summed E-state index contributed by atoms with van der Waals surface area (Å²) >= 11 is 1.27. The van der Waals surface area contributed by atoms with Crippen LogP contribution in [0.1, 0.15) is 39.5 Å². The van der Waals surface area contributed by atoms with Crippen LogP contribution in [0.25, 0.3) is 0 Å². The molecule has 18 heavy (non-hydrogen) atoms. The van der Waals surface area contributed by atoms with Gasteiger partial charge in [0.1, 0.15) is 10.6 Å². The van der Waals surface area contributed by atoms with Crippen molar-refractivity contribution in [3.63, 3.8) is 0 Å². The Morgan fingerprint density at radius 1 is 1.33 bits per heavy atom. The second-order valence-electron chi connectivity index (χ2n) is 4.36. The minimum atomic E-state index is -0.836. The summed E-state index contributed by atoms with van der Waals surface area (Å²) in [6.07, 6.45) is 2.79. The molecule has 0 amide bonds. The van der Waals surface area contributed by atoms with Crippen molar-refractivity contribution in [3.8, 4) is 0 Å². The number of hydrogen-bond donors (Lipinski definition) is 1. The molecule has 1 aromatic carbocycles. The summed E-state index contributed by atoms with van der Waals surface area (Å²) in [6.45, 7) is 3.94. The van der Waals surface area contributed by atoms with E-state index in [1.165, 1.54) is 23.9 Å². The van der Waals surface area contributed by atoms with Crippen LogP contribution in [0.15, 0.2) is 29.2 Å². The van der Waals surface area contributed by atoms with Gasteiger partial charge < -0.3 is 5.11 Å². The lowest BCUT2D eigenvalue weighted by atomic mass is 9.97. The predicted octanol–water partition coefficient (Wildman–Crippen LogP) is 4.34. The molecule has 1 aromatic rings. The SMILES string of the molecule is CCCC(CCC)(Sc1cccc(F)c1)C(=O)O. The van der Waals surface area contributed by atoms with E-state index in [4.69, 9.17) is 0 Å². The van der Waals surface area contributed by atoms with Crippen molar-refractivity contribution in [2.45, 2.75) is 49.2 Å². The first-order valence-electron chi connectivity index (χ1n) is 6.22. The molecule has 2 nitrogen and oxygen atoms in total. The molecular weight excluding hydrogens is 251 g/mol. The van der Waals surface area contributed by atoms with Gasteiger partial charge in [-0.15, -0.1) is 11.8 Å². The van der Waals surface area contributed by atoms with Gasteiger partial charge in [-0.2, -0.15) is 0 Å². The zero-order chi connectivity index (χ0) is 13.6. The summed E-state index contributed by atoms with van der Waals surface area (Å²) < 4.78 is 12.3. The van der Waals surface area contributed by atoms with Gasteiger partial charge in [0.25, 0.3) is 0 Å². The van der Waals surface area contributed by atoms with Gasteiger partial charge in [0.05, 0.1) is 0 Å². The van der Waals surface area contributed by atoms with Gasteiger partial charge in [-0.3, -0.25) is 4.79 Å². The van der Waals surface area contributed by atoms with Crippen LogP contribution in [-0.4, -0.2) is 15.8 Å². The number of aliphatic carboxylic acids is 1. The van der Waals surface area contributed by atoms with Crippen LogP contribution < -0.4 is 0 Å². The van der Waals surface area contributed by atoms with Gasteiger partial charge >= 0.3 is 5.97 Å². The van der Waals surface area contributed by atoms with Crippen LogP contribution in [0.2, 0.25) is 0 Å². The van der Waals surface area contributed by atoms with E-state index >= 15 is 0 Å². The van der Waals surface area contributed by atoms with Crippen LogP contribution in [0.3, 0.4) is 0 Å². The molecule has 0 aliphatic heterocycles. The van der Waals surface area contributed by atoms with E-state index in [1.807, 2.05) is 13.8 Å². The fraction of sp³-hybridized carbons (Fsp3) is 0.500. The third-order valence-corrected chi connectivity index (χ3v) is 4.27. The summed E-state index contributed by atoms with van der Waals surface area (Å²) in [5, 5.41) is 9.50. The van der Waals surface area contributed by atoms with E-state index in [0.717, 1.165) is 12.8 Å². The van der Waals surface area contributed by atoms with E-state index in [9.17, 15) is 14.3 Å². The zero-order valence-electron chi connectivity index (χ0n) is 10.8. The average molecular weight is 270 g/mol. The molecule has 0 aromatic heterocycles. The number of hydrogen-bond acceptors (Lipinski definition) is 2. The summed E-state index contributed by atoms with van der Waals surface area (Å²) in [5.41, 5.74) is 0. The Morgan fingerprint density at radius 2 is 1.94 bits per heavy atom. The topological polar surface area (TPSA) is 37.3 Å². The molecule has 0 saturated carbocycles. The highest BCUT2D eigenvalue weighted by Gasteiger charge is 2.37. The first kappa shape index (κ1) is 15.0. The molecule has 1 N–H and O–H groups in total. The molecule has 0 bridgehead atoms. The second-order valence-corrected chi connectivity index (χ2v) is 5.82. The van der Waals surface area contributed by atoms with E-state index in [1.54, 1.807) is 12.1 Å². The highest BCUT2D eigenvalue weighted by atomic mass is 32.2. The lowest BCUT2D eigenvalue weighted by Crippen LogP contribution is -2.34. The Labute approximate surface area is 112 Å². The number of halogens is 1. The van der Waals surface area contributed by atoms with Gasteiger partial charge in [0, 0.05) is 4.90 Å². The predicted molar refractivity (Wildman–Crippen MR) is 72.4 cm³/mol. The van der Waals surface area contributed by atoms with Crippen molar-refractivity contribution in [2.24, 2.45) is 0 Å². The van der Waals surface area contributed by atoms with Crippen LogP contribution in [0.5, 0.6) is 0 Å². The highest BCUT2D eigenvalue weighted by Crippen LogP contribution is 2.40. The smallest absolute Gasteiger partial charge is 0.320 e. The number of thioether (sulfide) groups is 1. The fourth-order valence-electron chi connectivity index (χ4n) is 2.05. The standard InChI is InChI=1S/C14H19FO2S/c1-3-8-14(9-4-2,13(16)17)18-12-7-5-6-11(15)10-12/h5-7,10H,3-4,8-9H2,1-2H3,(H,16,17). The molecule has 0 atom stereocenters. The van der Waals surface area contributed by atoms with Crippen molar-refractivity contribution in [1.29, 1.82) is 0 Å². The first-order valence-corrected chi connectivity index (χ1v) is 7.03. The molecular formula is C14H19FO2S. The van der Waals surface area contributed by atoms with Gasteiger partial charge in [-0.05, 0) is 31.0 Å². The van der Waals surface area contributed by atoms with Crippen molar-refractivity contribution >= 4 is 17.7 Å². The highest BCUT2D eigenvalue weighted by molar-refractivity contribution is 8.01. The minimum Gasteiger partial charge on any atom is -0.480 e. The monoisotopic (exact) mass is 270 g/mol.